The van der Waals surface area contributed by atoms with Crippen molar-refractivity contribution < 1.29 is 14.4 Å². The number of ether oxygens (including phenoxy) is 1. The molecule has 0 amide bonds. The fourth-order valence-electron chi connectivity index (χ4n) is 2.03. The molecule has 0 saturated heterocycles. The van der Waals surface area contributed by atoms with Crippen LogP contribution in [-0.2, 0) is 11.3 Å². The molecular formula is C15H28N2O3. The zero-order chi connectivity index (χ0) is 14.8. The highest BCUT2D eigenvalue weighted by atomic mass is 16.5. The first-order valence-electron chi connectivity index (χ1n) is 7.53. The van der Waals surface area contributed by atoms with E-state index < -0.39 is 6.10 Å². The van der Waals surface area contributed by atoms with E-state index in [9.17, 15) is 5.11 Å². The van der Waals surface area contributed by atoms with Gasteiger partial charge in [-0.05, 0) is 20.3 Å². The summed E-state index contributed by atoms with van der Waals surface area (Å²) in [6.45, 7) is 8.31. The number of rotatable bonds is 11. The maximum Gasteiger partial charge on any atom is 0.138 e. The second kappa shape index (κ2) is 9.91. The summed E-state index contributed by atoms with van der Waals surface area (Å²) in [7, 11) is 0. The van der Waals surface area contributed by atoms with Crippen LogP contribution in [0.4, 0.5) is 0 Å². The van der Waals surface area contributed by atoms with Crippen LogP contribution in [0.2, 0.25) is 0 Å². The fourth-order valence-corrected chi connectivity index (χ4v) is 2.03. The number of nitrogens with zero attached hydrogens (tertiary/aromatic N) is 1. The highest BCUT2D eigenvalue weighted by molar-refractivity contribution is 5.20. The Balaban J connectivity index is 2.04. The van der Waals surface area contributed by atoms with Gasteiger partial charge >= 0.3 is 0 Å². The van der Waals surface area contributed by atoms with Gasteiger partial charge in [-0.1, -0.05) is 31.3 Å². The number of nitrogens with one attached hydrogen (secondary N) is 1. The number of aromatic nitrogens is 1. The summed E-state index contributed by atoms with van der Waals surface area (Å²) in [5.41, 5.74) is 1.97. The molecule has 0 aliphatic rings. The summed E-state index contributed by atoms with van der Waals surface area (Å²) in [4.78, 5) is 0. The van der Waals surface area contributed by atoms with Crippen LogP contribution in [-0.4, -0.2) is 36.1 Å². The standard InChI is InChI=1S/C15H28N2O3/c1-4-5-6-7-8-19-11-14(18)9-16-10-15-12(2)17-20-13(15)3/h14,16,18H,4-11H2,1-3H3. The van der Waals surface area contributed by atoms with Gasteiger partial charge in [0.05, 0.1) is 18.4 Å². The van der Waals surface area contributed by atoms with E-state index >= 15 is 0 Å². The van der Waals surface area contributed by atoms with Crippen LogP contribution in [0.15, 0.2) is 4.52 Å². The van der Waals surface area contributed by atoms with Gasteiger partial charge in [0.1, 0.15) is 5.76 Å². The second-order valence-electron chi connectivity index (χ2n) is 5.22. The third-order valence-electron chi connectivity index (χ3n) is 3.32. The number of hydrogen-bond acceptors (Lipinski definition) is 5. The first kappa shape index (κ1) is 17.1. The predicted octanol–water partition coefficient (Wildman–Crippen LogP) is 2.34. The molecule has 20 heavy (non-hydrogen) atoms. The highest BCUT2D eigenvalue weighted by Crippen LogP contribution is 2.11. The largest absolute Gasteiger partial charge is 0.389 e. The van der Waals surface area contributed by atoms with E-state index in [1.807, 2.05) is 13.8 Å². The molecule has 0 aliphatic carbocycles. The van der Waals surface area contributed by atoms with Crippen molar-refractivity contribution >= 4 is 0 Å². The fraction of sp³-hybridized carbons (Fsp3) is 0.800. The van der Waals surface area contributed by atoms with E-state index in [1.54, 1.807) is 0 Å². The smallest absolute Gasteiger partial charge is 0.138 e. The first-order valence-corrected chi connectivity index (χ1v) is 7.53. The van der Waals surface area contributed by atoms with Crippen molar-refractivity contribution in [3.05, 3.63) is 17.0 Å². The minimum atomic E-state index is -0.471. The normalized spacial score (nSPS) is 12.8. The molecule has 0 radical (unpaired) electrons. The van der Waals surface area contributed by atoms with Gasteiger partial charge in [-0.25, -0.2) is 0 Å². The molecule has 0 aliphatic heterocycles. The van der Waals surface area contributed by atoms with E-state index in [0.717, 1.165) is 30.0 Å². The van der Waals surface area contributed by atoms with Crippen LogP contribution in [0.3, 0.4) is 0 Å². The molecule has 5 heteroatoms. The number of unbranched alkanes of at least 4 members (excludes halogenated alkanes) is 3. The third-order valence-corrected chi connectivity index (χ3v) is 3.32. The van der Waals surface area contributed by atoms with Gasteiger partial charge in [-0.15, -0.1) is 0 Å². The van der Waals surface area contributed by atoms with Gasteiger partial charge < -0.3 is 19.7 Å². The molecule has 0 fully saturated rings. The van der Waals surface area contributed by atoms with Crippen molar-refractivity contribution in [2.24, 2.45) is 0 Å². The zero-order valence-electron chi connectivity index (χ0n) is 12.9. The van der Waals surface area contributed by atoms with Crippen LogP contribution in [0.1, 0.15) is 49.6 Å². The lowest BCUT2D eigenvalue weighted by Crippen LogP contribution is -2.30. The van der Waals surface area contributed by atoms with Crippen molar-refractivity contribution in [2.75, 3.05) is 19.8 Å². The number of aliphatic hydroxyl groups excluding tert-OH is 1. The van der Waals surface area contributed by atoms with Gasteiger partial charge in [0.15, 0.2) is 0 Å². The molecule has 0 aromatic carbocycles. The third kappa shape index (κ3) is 6.50. The Morgan fingerprint density at radius 2 is 2.10 bits per heavy atom. The average Bonchev–Trinajstić information content (AvgIpc) is 2.74. The monoisotopic (exact) mass is 284 g/mol. The molecule has 1 rings (SSSR count). The van der Waals surface area contributed by atoms with Crippen molar-refractivity contribution in [2.45, 2.75) is 59.1 Å². The Hall–Kier alpha value is -0.910. The number of hydrogen-bond donors (Lipinski definition) is 2. The average molecular weight is 284 g/mol. The summed E-state index contributed by atoms with van der Waals surface area (Å²) < 4.78 is 10.5. The van der Waals surface area contributed by atoms with E-state index in [0.29, 0.717) is 19.7 Å². The Morgan fingerprint density at radius 3 is 2.75 bits per heavy atom. The van der Waals surface area contributed by atoms with Crippen molar-refractivity contribution in [3.63, 3.8) is 0 Å². The molecular weight excluding hydrogens is 256 g/mol. The summed E-state index contributed by atoms with van der Waals surface area (Å²) in [5, 5.41) is 16.9. The Labute approximate surface area is 121 Å². The first-order chi connectivity index (χ1) is 9.65. The van der Waals surface area contributed by atoms with Crippen molar-refractivity contribution in [1.82, 2.24) is 10.5 Å². The lowest BCUT2D eigenvalue weighted by atomic mass is 10.2. The summed E-state index contributed by atoms with van der Waals surface area (Å²) >= 11 is 0. The highest BCUT2D eigenvalue weighted by Gasteiger charge is 2.09. The van der Waals surface area contributed by atoms with Crippen LogP contribution >= 0.6 is 0 Å². The zero-order valence-corrected chi connectivity index (χ0v) is 12.9. The lowest BCUT2D eigenvalue weighted by Gasteiger charge is -2.12. The number of aryl methyl sites for hydroxylation is 2. The Bertz CT molecular complexity index is 347. The molecule has 5 nitrogen and oxygen atoms in total. The maximum atomic E-state index is 9.79. The molecule has 1 aromatic heterocycles. The summed E-state index contributed by atoms with van der Waals surface area (Å²) in [6, 6.07) is 0. The predicted molar refractivity (Wildman–Crippen MR) is 78.7 cm³/mol. The van der Waals surface area contributed by atoms with Crippen LogP contribution in [0.5, 0.6) is 0 Å². The summed E-state index contributed by atoms with van der Waals surface area (Å²) in [5.74, 6) is 0.830. The van der Waals surface area contributed by atoms with Gasteiger partial charge in [-0.2, -0.15) is 0 Å². The van der Waals surface area contributed by atoms with Gasteiger partial charge in [-0.3, -0.25) is 0 Å². The van der Waals surface area contributed by atoms with E-state index in [4.69, 9.17) is 9.26 Å². The Morgan fingerprint density at radius 1 is 1.30 bits per heavy atom. The summed E-state index contributed by atoms with van der Waals surface area (Å²) in [6.07, 6.45) is 4.30. The van der Waals surface area contributed by atoms with Gasteiger partial charge in [0.2, 0.25) is 0 Å². The molecule has 1 unspecified atom stereocenters. The minimum Gasteiger partial charge on any atom is -0.389 e. The van der Waals surface area contributed by atoms with Crippen LogP contribution in [0.25, 0.3) is 0 Å². The van der Waals surface area contributed by atoms with Crippen LogP contribution < -0.4 is 5.32 Å². The molecule has 116 valence electrons. The quantitative estimate of drug-likeness (QED) is 0.610. The maximum absolute atomic E-state index is 9.79. The molecule has 0 spiro atoms. The molecule has 0 saturated carbocycles. The molecule has 0 bridgehead atoms. The van der Waals surface area contributed by atoms with Crippen LogP contribution in [0, 0.1) is 13.8 Å². The van der Waals surface area contributed by atoms with E-state index in [2.05, 4.69) is 17.4 Å². The SMILES string of the molecule is CCCCCCOCC(O)CNCc1c(C)noc1C. The molecule has 1 heterocycles. The Kier molecular flexibility index (Phi) is 8.49. The van der Waals surface area contributed by atoms with Gasteiger partial charge in [0, 0.05) is 25.3 Å². The second-order valence-corrected chi connectivity index (χ2v) is 5.22. The molecule has 1 aromatic rings. The lowest BCUT2D eigenvalue weighted by molar-refractivity contribution is 0.0353. The minimum absolute atomic E-state index is 0.390. The molecule has 2 N–H and O–H groups in total. The van der Waals surface area contributed by atoms with E-state index in [1.165, 1.54) is 19.3 Å². The topological polar surface area (TPSA) is 67.5 Å². The van der Waals surface area contributed by atoms with Gasteiger partial charge in [0.25, 0.3) is 0 Å². The van der Waals surface area contributed by atoms with Crippen molar-refractivity contribution in [1.29, 1.82) is 0 Å². The van der Waals surface area contributed by atoms with Crippen molar-refractivity contribution in [3.8, 4) is 0 Å². The number of aliphatic hydroxyl groups is 1. The molecule has 1 atom stereocenters. The van der Waals surface area contributed by atoms with E-state index in [-0.39, 0.29) is 0 Å².